The van der Waals surface area contributed by atoms with Gasteiger partial charge in [-0.2, -0.15) is 0 Å². The molecule has 0 saturated carbocycles. The van der Waals surface area contributed by atoms with Crippen LogP contribution in [0.1, 0.15) is 11.1 Å². The van der Waals surface area contributed by atoms with E-state index in [0.717, 1.165) is 54.2 Å². The summed E-state index contributed by atoms with van der Waals surface area (Å²) in [5.74, 6) is 1.93. The van der Waals surface area contributed by atoms with E-state index in [0.29, 0.717) is 30.5 Å². The summed E-state index contributed by atoms with van der Waals surface area (Å²) in [6, 6.07) is 11.8. The lowest BCUT2D eigenvalue weighted by molar-refractivity contribution is 0.266. The standard InChI is InChI=1S/C27H28N6O3/c1-34-25-9-19(3-5-24(25)36-17-20-4-6-26(35-2)28-11-20)15-33-18-30-23-10-22(12-29-27(23)33)32-8-7-31-13-21(14-31)16-32/h3-6,9-12,16,18H,7-8,13-15,17H2,1-2H3. The highest BCUT2D eigenvalue weighted by Crippen LogP contribution is 2.30. The third-order valence-corrected chi connectivity index (χ3v) is 6.60. The lowest BCUT2D eigenvalue weighted by atomic mass is 10.1. The molecule has 0 atom stereocenters. The van der Waals surface area contributed by atoms with Crippen molar-refractivity contribution in [3.05, 3.63) is 78.0 Å². The fourth-order valence-electron chi connectivity index (χ4n) is 4.62. The largest absolute Gasteiger partial charge is 0.493 e. The molecule has 9 heteroatoms. The van der Waals surface area contributed by atoms with Crippen LogP contribution in [-0.2, 0) is 13.2 Å². The van der Waals surface area contributed by atoms with Crippen molar-refractivity contribution in [2.24, 2.45) is 0 Å². The second-order valence-electron chi connectivity index (χ2n) is 9.08. The van der Waals surface area contributed by atoms with Gasteiger partial charge in [0.2, 0.25) is 5.88 Å². The molecule has 1 aromatic carbocycles. The molecule has 9 nitrogen and oxygen atoms in total. The van der Waals surface area contributed by atoms with Gasteiger partial charge in [0, 0.05) is 50.2 Å². The summed E-state index contributed by atoms with van der Waals surface area (Å²) in [6.45, 7) is 5.24. The van der Waals surface area contributed by atoms with Crippen LogP contribution in [0.5, 0.6) is 17.4 Å². The minimum atomic E-state index is 0.386. The van der Waals surface area contributed by atoms with E-state index in [9.17, 15) is 0 Å². The van der Waals surface area contributed by atoms with Gasteiger partial charge in [-0.3, -0.25) is 4.90 Å². The predicted molar refractivity (Wildman–Crippen MR) is 137 cm³/mol. The Morgan fingerprint density at radius 1 is 0.861 bits per heavy atom. The number of pyridine rings is 2. The van der Waals surface area contributed by atoms with E-state index in [-0.39, 0.29) is 0 Å². The van der Waals surface area contributed by atoms with Crippen molar-refractivity contribution in [1.82, 2.24) is 24.4 Å². The van der Waals surface area contributed by atoms with Gasteiger partial charge in [-0.05, 0) is 35.4 Å². The monoisotopic (exact) mass is 484 g/mol. The first kappa shape index (κ1) is 22.4. The van der Waals surface area contributed by atoms with Crippen molar-refractivity contribution in [2.45, 2.75) is 13.2 Å². The van der Waals surface area contributed by atoms with Crippen LogP contribution >= 0.6 is 0 Å². The smallest absolute Gasteiger partial charge is 0.212 e. The molecule has 2 bridgehead atoms. The third kappa shape index (κ3) is 4.45. The molecule has 6 heterocycles. The third-order valence-electron chi connectivity index (χ3n) is 6.60. The highest BCUT2D eigenvalue weighted by Gasteiger charge is 2.25. The number of ether oxygens (including phenoxy) is 3. The molecule has 0 radical (unpaired) electrons. The van der Waals surface area contributed by atoms with Gasteiger partial charge in [-0.15, -0.1) is 0 Å². The van der Waals surface area contributed by atoms with Crippen molar-refractivity contribution in [1.29, 1.82) is 0 Å². The van der Waals surface area contributed by atoms with Gasteiger partial charge < -0.3 is 23.7 Å². The number of hydrogen-bond acceptors (Lipinski definition) is 8. The molecule has 7 rings (SSSR count). The number of imidazole rings is 1. The normalized spacial score (nSPS) is 15.3. The SMILES string of the molecule is COc1ccc(COc2ccc(Cn3cnc4cc(N5C=C6CN(CC5)C6)cnc43)cc2OC)cn1. The lowest BCUT2D eigenvalue weighted by Gasteiger charge is -2.30. The van der Waals surface area contributed by atoms with Crippen LogP contribution in [0.3, 0.4) is 0 Å². The van der Waals surface area contributed by atoms with Gasteiger partial charge in [-0.25, -0.2) is 15.0 Å². The van der Waals surface area contributed by atoms with Crippen LogP contribution in [0.2, 0.25) is 0 Å². The van der Waals surface area contributed by atoms with Crippen LogP contribution in [0.4, 0.5) is 5.69 Å². The number of hydrogen-bond donors (Lipinski definition) is 0. The van der Waals surface area contributed by atoms with Gasteiger partial charge in [0.25, 0.3) is 0 Å². The summed E-state index contributed by atoms with van der Waals surface area (Å²) in [6.07, 6.45) is 7.80. The van der Waals surface area contributed by atoms with Crippen molar-refractivity contribution >= 4 is 16.9 Å². The summed E-state index contributed by atoms with van der Waals surface area (Å²) in [5, 5.41) is 0. The molecule has 4 aromatic rings. The fourth-order valence-corrected chi connectivity index (χ4v) is 4.62. The Kier molecular flexibility index (Phi) is 5.90. The second-order valence-corrected chi connectivity index (χ2v) is 9.08. The maximum atomic E-state index is 5.99. The highest BCUT2D eigenvalue weighted by atomic mass is 16.5. The number of nitrogens with zero attached hydrogens (tertiary/aromatic N) is 6. The average Bonchev–Trinajstić information content (AvgIpc) is 3.05. The molecule has 36 heavy (non-hydrogen) atoms. The summed E-state index contributed by atoms with van der Waals surface area (Å²) < 4.78 is 18.8. The maximum Gasteiger partial charge on any atom is 0.212 e. The van der Waals surface area contributed by atoms with Crippen molar-refractivity contribution in [3.8, 4) is 17.4 Å². The molecule has 184 valence electrons. The molecular weight excluding hydrogens is 456 g/mol. The second kappa shape index (κ2) is 9.50. The molecule has 3 aliphatic heterocycles. The van der Waals surface area contributed by atoms with E-state index in [2.05, 4.69) is 36.6 Å². The van der Waals surface area contributed by atoms with E-state index < -0.39 is 0 Å². The summed E-state index contributed by atoms with van der Waals surface area (Å²) in [5.41, 5.74) is 6.33. The van der Waals surface area contributed by atoms with Gasteiger partial charge in [-0.1, -0.05) is 6.07 Å². The molecule has 3 aliphatic rings. The maximum absolute atomic E-state index is 5.99. The Morgan fingerprint density at radius 3 is 2.56 bits per heavy atom. The molecule has 0 aliphatic carbocycles. The average molecular weight is 485 g/mol. The molecular formula is C27H28N6O3. The Labute approximate surface area is 209 Å². The Hall–Kier alpha value is -4.11. The van der Waals surface area contributed by atoms with E-state index in [1.165, 1.54) is 5.57 Å². The molecule has 0 spiro atoms. The molecule has 1 saturated heterocycles. The van der Waals surface area contributed by atoms with Crippen LogP contribution in [-0.4, -0.2) is 64.8 Å². The molecule has 0 N–H and O–H groups in total. The zero-order valence-corrected chi connectivity index (χ0v) is 20.4. The zero-order chi connectivity index (χ0) is 24.5. The predicted octanol–water partition coefficient (Wildman–Crippen LogP) is 3.49. The van der Waals surface area contributed by atoms with Crippen LogP contribution in [0.15, 0.2) is 66.9 Å². The highest BCUT2D eigenvalue weighted by molar-refractivity contribution is 5.75. The van der Waals surface area contributed by atoms with Gasteiger partial charge in [0.05, 0.1) is 39.0 Å². The number of fused-ring (bicyclic) bond motifs is 4. The molecule has 3 aromatic heterocycles. The first-order valence-corrected chi connectivity index (χ1v) is 12.0. The van der Waals surface area contributed by atoms with Crippen molar-refractivity contribution in [3.63, 3.8) is 0 Å². The van der Waals surface area contributed by atoms with Gasteiger partial charge >= 0.3 is 0 Å². The van der Waals surface area contributed by atoms with Crippen LogP contribution in [0, 0.1) is 0 Å². The molecule has 1 fully saturated rings. The van der Waals surface area contributed by atoms with E-state index in [1.807, 2.05) is 42.9 Å². The van der Waals surface area contributed by atoms with Crippen LogP contribution in [0.25, 0.3) is 11.2 Å². The summed E-state index contributed by atoms with van der Waals surface area (Å²) in [4.78, 5) is 18.4. The number of rotatable bonds is 8. The van der Waals surface area contributed by atoms with E-state index in [4.69, 9.17) is 19.2 Å². The molecule has 0 amide bonds. The number of methoxy groups -OCH3 is 2. The van der Waals surface area contributed by atoms with E-state index in [1.54, 1.807) is 20.4 Å². The Balaban J connectivity index is 1.16. The number of aromatic nitrogens is 4. The first-order valence-electron chi connectivity index (χ1n) is 12.0. The quantitative estimate of drug-likeness (QED) is 0.376. The summed E-state index contributed by atoms with van der Waals surface area (Å²) in [7, 11) is 3.25. The Bertz CT molecular complexity index is 1410. The van der Waals surface area contributed by atoms with Crippen molar-refractivity contribution < 1.29 is 14.2 Å². The van der Waals surface area contributed by atoms with Gasteiger partial charge in [0.15, 0.2) is 17.1 Å². The number of benzene rings is 1. The van der Waals surface area contributed by atoms with Crippen LogP contribution < -0.4 is 19.1 Å². The zero-order valence-electron chi connectivity index (χ0n) is 20.4. The first-order chi connectivity index (χ1) is 17.7. The summed E-state index contributed by atoms with van der Waals surface area (Å²) >= 11 is 0. The minimum absolute atomic E-state index is 0.386. The minimum Gasteiger partial charge on any atom is -0.493 e. The van der Waals surface area contributed by atoms with Gasteiger partial charge in [0.1, 0.15) is 12.1 Å². The Morgan fingerprint density at radius 2 is 1.75 bits per heavy atom. The van der Waals surface area contributed by atoms with Crippen molar-refractivity contribution in [2.75, 3.05) is 45.3 Å². The number of anilines is 1. The topological polar surface area (TPSA) is 77.8 Å². The van der Waals surface area contributed by atoms with E-state index >= 15 is 0 Å². The fraction of sp³-hybridized carbons (Fsp3) is 0.296. The molecule has 0 unspecified atom stereocenters. The lowest BCUT2D eigenvalue weighted by Crippen LogP contribution is -2.40.